The monoisotopic (exact) mass is 334 g/mol. The summed E-state index contributed by atoms with van der Waals surface area (Å²) in [6.07, 6.45) is 1.70. The van der Waals surface area contributed by atoms with Crippen LogP contribution in [0.25, 0.3) is 0 Å². The van der Waals surface area contributed by atoms with Gasteiger partial charge in [-0.2, -0.15) is 5.10 Å². The van der Waals surface area contributed by atoms with Gasteiger partial charge in [0.2, 0.25) is 0 Å². The van der Waals surface area contributed by atoms with Gasteiger partial charge < -0.3 is 9.47 Å². The number of hydrogen-bond donors (Lipinski definition) is 1. The highest BCUT2D eigenvalue weighted by molar-refractivity contribution is 9.10. The highest BCUT2D eigenvalue weighted by Gasteiger charge is 2.06. The van der Waals surface area contributed by atoms with E-state index in [1.165, 1.54) is 0 Å². The zero-order valence-corrected chi connectivity index (χ0v) is 12.8. The minimum atomic E-state index is 0.663. The number of para-hydroxylation sites is 1. The molecule has 1 N–H and O–H groups in total. The fraction of sp³-hybridized carbons (Fsp3) is 0.133. The Morgan fingerprint density at radius 1 is 1.05 bits per heavy atom. The van der Waals surface area contributed by atoms with E-state index >= 15 is 0 Å². The van der Waals surface area contributed by atoms with Gasteiger partial charge in [-0.05, 0) is 36.4 Å². The highest BCUT2D eigenvalue weighted by atomic mass is 79.9. The van der Waals surface area contributed by atoms with Crippen LogP contribution in [0.2, 0.25) is 0 Å². The van der Waals surface area contributed by atoms with E-state index in [4.69, 9.17) is 9.47 Å². The van der Waals surface area contributed by atoms with Crippen LogP contribution in [-0.4, -0.2) is 20.4 Å². The fourth-order valence-electron chi connectivity index (χ4n) is 1.71. The van der Waals surface area contributed by atoms with Crippen molar-refractivity contribution in [2.45, 2.75) is 0 Å². The summed E-state index contributed by atoms with van der Waals surface area (Å²) in [7, 11) is 3.22. The van der Waals surface area contributed by atoms with Crippen molar-refractivity contribution < 1.29 is 9.47 Å². The molecule has 0 fully saturated rings. The first-order valence-corrected chi connectivity index (χ1v) is 6.79. The van der Waals surface area contributed by atoms with Crippen molar-refractivity contribution >= 4 is 27.8 Å². The highest BCUT2D eigenvalue weighted by Crippen LogP contribution is 2.29. The first-order valence-electron chi connectivity index (χ1n) is 6.00. The number of hydrazone groups is 1. The average molecular weight is 335 g/mol. The lowest BCUT2D eigenvalue weighted by Gasteiger charge is -2.09. The second-order valence-electron chi connectivity index (χ2n) is 3.96. The number of halogens is 1. The Morgan fingerprint density at radius 3 is 2.45 bits per heavy atom. The van der Waals surface area contributed by atoms with Crippen molar-refractivity contribution in [3.05, 3.63) is 52.5 Å². The Bertz CT molecular complexity index is 597. The second kappa shape index (κ2) is 6.96. The molecule has 0 aliphatic rings. The van der Waals surface area contributed by atoms with Crippen LogP contribution in [0.3, 0.4) is 0 Å². The molecule has 0 atom stereocenters. The lowest BCUT2D eigenvalue weighted by Crippen LogP contribution is -1.96. The van der Waals surface area contributed by atoms with Crippen LogP contribution in [0.4, 0.5) is 5.69 Å². The first kappa shape index (κ1) is 14.4. The topological polar surface area (TPSA) is 42.8 Å². The van der Waals surface area contributed by atoms with Crippen LogP contribution < -0.4 is 14.9 Å². The van der Waals surface area contributed by atoms with E-state index in [2.05, 4.69) is 26.5 Å². The molecule has 2 aromatic rings. The maximum atomic E-state index is 5.34. The zero-order chi connectivity index (χ0) is 14.4. The lowest BCUT2D eigenvalue weighted by molar-refractivity contribution is 0.354. The standard InChI is InChI=1S/C15H15BrN2O2/c1-19-14-5-3-4-11(15(14)20-2)10-17-18-13-8-6-12(16)7-9-13/h3-10,18H,1-2H3/b17-10-. The van der Waals surface area contributed by atoms with Gasteiger partial charge in [0.25, 0.3) is 0 Å². The number of ether oxygens (including phenoxy) is 2. The zero-order valence-electron chi connectivity index (χ0n) is 11.3. The molecule has 0 bridgehead atoms. The molecule has 2 rings (SSSR count). The van der Waals surface area contributed by atoms with Gasteiger partial charge in [0.1, 0.15) is 0 Å². The van der Waals surface area contributed by atoms with E-state index in [0.29, 0.717) is 11.5 Å². The number of rotatable bonds is 5. The number of hydrogen-bond acceptors (Lipinski definition) is 4. The molecule has 0 aliphatic carbocycles. The third-order valence-electron chi connectivity index (χ3n) is 2.67. The van der Waals surface area contributed by atoms with Crippen LogP contribution in [0.1, 0.15) is 5.56 Å². The van der Waals surface area contributed by atoms with E-state index in [9.17, 15) is 0 Å². The molecule has 20 heavy (non-hydrogen) atoms. The van der Waals surface area contributed by atoms with Gasteiger partial charge in [-0.3, -0.25) is 5.43 Å². The van der Waals surface area contributed by atoms with Gasteiger partial charge in [0.05, 0.1) is 26.1 Å². The molecule has 2 aromatic carbocycles. The molecule has 0 aromatic heterocycles. The predicted molar refractivity (Wildman–Crippen MR) is 84.9 cm³/mol. The molecule has 0 saturated heterocycles. The Balaban J connectivity index is 2.13. The van der Waals surface area contributed by atoms with Gasteiger partial charge in [-0.25, -0.2) is 0 Å². The predicted octanol–water partition coefficient (Wildman–Crippen LogP) is 3.91. The van der Waals surface area contributed by atoms with Crippen LogP contribution in [0.15, 0.2) is 52.0 Å². The van der Waals surface area contributed by atoms with Crippen LogP contribution in [-0.2, 0) is 0 Å². The van der Waals surface area contributed by atoms with Gasteiger partial charge >= 0.3 is 0 Å². The number of anilines is 1. The van der Waals surface area contributed by atoms with Crippen molar-refractivity contribution in [1.29, 1.82) is 0 Å². The normalized spacial score (nSPS) is 10.6. The van der Waals surface area contributed by atoms with Crippen LogP contribution >= 0.6 is 15.9 Å². The molecule has 4 nitrogen and oxygen atoms in total. The number of nitrogens with zero attached hydrogens (tertiary/aromatic N) is 1. The molecular weight excluding hydrogens is 320 g/mol. The van der Waals surface area contributed by atoms with Gasteiger partial charge in [-0.15, -0.1) is 0 Å². The molecule has 0 radical (unpaired) electrons. The summed E-state index contributed by atoms with van der Waals surface area (Å²) in [6.45, 7) is 0. The fourth-order valence-corrected chi connectivity index (χ4v) is 1.98. The molecule has 5 heteroatoms. The van der Waals surface area contributed by atoms with E-state index < -0.39 is 0 Å². The van der Waals surface area contributed by atoms with E-state index in [1.54, 1.807) is 20.4 Å². The summed E-state index contributed by atoms with van der Waals surface area (Å²) in [4.78, 5) is 0. The summed E-state index contributed by atoms with van der Waals surface area (Å²) < 4.78 is 11.6. The summed E-state index contributed by atoms with van der Waals surface area (Å²) >= 11 is 3.39. The third-order valence-corrected chi connectivity index (χ3v) is 3.20. The number of nitrogens with one attached hydrogen (secondary N) is 1. The molecule has 104 valence electrons. The van der Waals surface area contributed by atoms with E-state index in [0.717, 1.165) is 15.7 Å². The number of methoxy groups -OCH3 is 2. The Morgan fingerprint density at radius 2 is 1.80 bits per heavy atom. The summed E-state index contributed by atoms with van der Waals surface area (Å²) in [6, 6.07) is 13.4. The van der Waals surface area contributed by atoms with Gasteiger partial charge in [-0.1, -0.05) is 22.0 Å². The van der Waals surface area contributed by atoms with Crippen molar-refractivity contribution in [2.75, 3.05) is 19.6 Å². The summed E-state index contributed by atoms with van der Waals surface area (Å²) in [5.41, 5.74) is 4.71. The average Bonchev–Trinajstić information content (AvgIpc) is 2.49. The van der Waals surface area contributed by atoms with Gasteiger partial charge in [0, 0.05) is 10.0 Å². The molecule has 0 saturated carbocycles. The maximum Gasteiger partial charge on any atom is 0.169 e. The Hall–Kier alpha value is -2.01. The van der Waals surface area contributed by atoms with E-state index in [-0.39, 0.29) is 0 Å². The minimum Gasteiger partial charge on any atom is -0.493 e. The van der Waals surface area contributed by atoms with Gasteiger partial charge in [0.15, 0.2) is 11.5 Å². The number of benzene rings is 2. The van der Waals surface area contributed by atoms with Crippen molar-refractivity contribution in [2.24, 2.45) is 5.10 Å². The Kier molecular flexibility index (Phi) is 5.01. The Labute approximate surface area is 126 Å². The van der Waals surface area contributed by atoms with Crippen LogP contribution in [0, 0.1) is 0 Å². The largest absolute Gasteiger partial charge is 0.493 e. The molecule has 0 amide bonds. The molecular formula is C15H15BrN2O2. The molecule has 0 heterocycles. The molecule has 0 aliphatic heterocycles. The van der Waals surface area contributed by atoms with Crippen molar-refractivity contribution in [3.63, 3.8) is 0 Å². The van der Waals surface area contributed by atoms with E-state index in [1.807, 2.05) is 42.5 Å². The maximum absolute atomic E-state index is 5.34. The first-order chi connectivity index (χ1) is 9.74. The quantitative estimate of drug-likeness (QED) is 0.665. The lowest BCUT2D eigenvalue weighted by atomic mass is 10.2. The smallest absolute Gasteiger partial charge is 0.169 e. The summed E-state index contributed by atoms with van der Waals surface area (Å²) in [5, 5.41) is 4.20. The van der Waals surface area contributed by atoms with Crippen molar-refractivity contribution in [1.82, 2.24) is 0 Å². The molecule has 0 spiro atoms. The van der Waals surface area contributed by atoms with Crippen molar-refractivity contribution in [3.8, 4) is 11.5 Å². The summed E-state index contributed by atoms with van der Waals surface area (Å²) in [5.74, 6) is 1.34. The third kappa shape index (κ3) is 3.51. The molecule has 0 unspecified atom stereocenters. The second-order valence-corrected chi connectivity index (χ2v) is 4.88. The SMILES string of the molecule is COc1cccc(/C=N\Nc2ccc(Br)cc2)c1OC. The van der Waals surface area contributed by atoms with Crippen LogP contribution in [0.5, 0.6) is 11.5 Å². The minimum absolute atomic E-state index is 0.663.